The van der Waals surface area contributed by atoms with E-state index in [0.717, 1.165) is 35.4 Å². The zero-order valence-corrected chi connectivity index (χ0v) is 16.4. The molecule has 2 aromatic heterocycles. The molecule has 5 rings (SSSR count). The highest BCUT2D eigenvalue weighted by molar-refractivity contribution is 6.30. The summed E-state index contributed by atoms with van der Waals surface area (Å²) >= 11 is 6.03. The van der Waals surface area contributed by atoms with Gasteiger partial charge in [0.1, 0.15) is 5.82 Å². The van der Waals surface area contributed by atoms with Gasteiger partial charge in [0.2, 0.25) is 5.95 Å². The highest BCUT2D eigenvalue weighted by Gasteiger charge is 2.22. The van der Waals surface area contributed by atoms with Crippen molar-refractivity contribution < 1.29 is 4.74 Å². The molecule has 4 aromatic rings. The molecule has 1 fully saturated rings. The topological polar surface area (TPSA) is 82.1 Å². The third-order valence-electron chi connectivity index (χ3n) is 4.97. The van der Waals surface area contributed by atoms with Gasteiger partial charge in [-0.3, -0.25) is 0 Å². The van der Waals surface area contributed by atoms with E-state index < -0.39 is 0 Å². The van der Waals surface area contributed by atoms with Crippen LogP contribution in [-0.2, 0) is 4.74 Å². The Morgan fingerprint density at radius 3 is 2.38 bits per heavy atom. The van der Waals surface area contributed by atoms with Crippen LogP contribution < -0.4 is 10.6 Å². The van der Waals surface area contributed by atoms with Crippen LogP contribution in [-0.4, -0.2) is 46.1 Å². The first kappa shape index (κ1) is 17.9. The maximum absolute atomic E-state index is 6.53. The Bertz CT molecular complexity index is 1150. The van der Waals surface area contributed by atoms with E-state index in [4.69, 9.17) is 37.1 Å². The van der Waals surface area contributed by atoms with Crippen LogP contribution in [0.4, 0.5) is 11.8 Å². The molecule has 2 N–H and O–H groups in total. The average Bonchev–Trinajstić information content (AvgIpc) is 3.11. The van der Waals surface area contributed by atoms with Crippen molar-refractivity contribution in [2.45, 2.75) is 0 Å². The van der Waals surface area contributed by atoms with Gasteiger partial charge in [-0.1, -0.05) is 41.9 Å². The average molecular weight is 407 g/mol. The molecule has 2 aromatic carbocycles. The van der Waals surface area contributed by atoms with Gasteiger partial charge in [-0.15, -0.1) is 5.10 Å². The van der Waals surface area contributed by atoms with Gasteiger partial charge in [-0.05, 0) is 24.3 Å². The number of nitrogens with zero attached hydrogens (tertiary/aromatic N) is 5. The van der Waals surface area contributed by atoms with Crippen LogP contribution in [0.5, 0.6) is 0 Å². The summed E-state index contributed by atoms with van der Waals surface area (Å²) in [5.41, 5.74) is 9.65. The lowest BCUT2D eigenvalue weighted by Crippen LogP contribution is -2.37. The predicted octanol–water partition coefficient (Wildman–Crippen LogP) is 3.55. The summed E-state index contributed by atoms with van der Waals surface area (Å²) in [6.45, 7) is 2.80. The van der Waals surface area contributed by atoms with Gasteiger partial charge in [-0.2, -0.15) is 4.98 Å². The molecule has 0 spiro atoms. The van der Waals surface area contributed by atoms with Crippen LogP contribution in [0.1, 0.15) is 0 Å². The van der Waals surface area contributed by atoms with Gasteiger partial charge in [0, 0.05) is 23.7 Å². The molecule has 0 unspecified atom stereocenters. The maximum Gasteiger partial charge on any atom is 0.228 e. The quantitative estimate of drug-likeness (QED) is 0.560. The largest absolute Gasteiger partial charge is 0.383 e. The Morgan fingerprint density at radius 1 is 0.931 bits per heavy atom. The van der Waals surface area contributed by atoms with Crippen LogP contribution in [0.3, 0.4) is 0 Å². The summed E-state index contributed by atoms with van der Waals surface area (Å²) in [6.07, 6.45) is 0. The number of hydrogen-bond acceptors (Lipinski definition) is 6. The fraction of sp³-hybridized carbons (Fsp3) is 0.190. The number of nitrogens with two attached hydrogens (primary N) is 1. The second kappa shape index (κ2) is 7.35. The second-order valence-corrected chi connectivity index (χ2v) is 7.25. The van der Waals surface area contributed by atoms with Gasteiger partial charge >= 0.3 is 0 Å². The number of ether oxygens (including phenoxy) is 1. The number of anilines is 2. The Labute approximate surface area is 172 Å². The summed E-state index contributed by atoms with van der Waals surface area (Å²) < 4.78 is 7.15. The molecule has 29 heavy (non-hydrogen) atoms. The monoisotopic (exact) mass is 406 g/mol. The number of hydrogen-bond donors (Lipinski definition) is 1. The van der Waals surface area contributed by atoms with Crippen molar-refractivity contribution in [2.24, 2.45) is 0 Å². The molecule has 1 saturated heterocycles. The molecule has 7 nitrogen and oxygen atoms in total. The van der Waals surface area contributed by atoms with Crippen molar-refractivity contribution in [3.05, 3.63) is 59.6 Å². The molecular formula is C21H19ClN6O. The van der Waals surface area contributed by atoms with Crippen molar-refractivity contribution in [1.82, 2.24) is 19.7 Å². The van der Waals surface area contributed by atoms with E-state index in [0.29, 0.717) is 35.6 Å². The lowest BCUT2D eigenvalue weighted by Gasteiger charge is -2.27. The molecule has 0 amide bonds. The Kier molecular flexibility index (Phi) is 4.54. The molecule has 0 aliphatic carbocycles. The maximum atomic E-state index is 6.53. The standard InChI is InChI=1S/C21H19ClN6O/c22-15-6-8-16(9-7-15)28-19(23)17-18(14-4-2-1-3-5-14)24-21(25-20(17)26-28)27-10-12-29-13-11-27/h1-9H,10-13,23H2. The van der Waals surface area contributed by atoms with Crippen molar-refractivity contribution >= 4 is 34.4 Å². The van der Waals surface area contributed by atoms with Crippen LogP contribution in [0.25, 0.3) is 28.0 Å². The summed E-state index contributed by atoms with van der Waals surface area (Å²) in [4.78, 5) is 11.7. The zero-order valence-electron chi connectivity index (χ0n) is 15.6. The van der Waals surface area contributed by atoms with Crippen molar-refractivity contribution in [1.29, 1.82) is 0 Å². The van der Waals surface area contributed by atoms with Gasteiger partial charge < -0.3 is 15.4 Å². The summed E-state index contributed by atoms with van der Waals surface area (Å²) in [6, 6.07) is 17.4. The molecule has 8 heteroatoms. The van der Waals surface area contributed by atoms with Crippen molar-refractivity contribution in [3.8, 4) is 16.9 Å². The molecule has 0 atom stereocenters. The number of halogens is 1. The first-order chi connectivity index (χ1) is 14.2. The fourth-order valence-corrected chi connectivity index (χ4v) is 3.61. The third-order valence-corrected chi connectivity index (χ3v) is 5.22. The lowest BCUT2D eigenvalue weighted by atomic mass is 10.1. The van der Waals surface area contributed by atoms with Gasteiger partial charge in [0.25, 0.3) is 0 Å². The van der Waals surface area contributed by atoms with E-state index in [2.05, 4.69) is 4.90 Å². The Morgan fingerprint density at radius 2 is 1.66 bits per heavy atom. The van der Waals surface area contributed by atoms with E-state index in [1.165, 1.54) is 0 Å². The number of aromatic nitrogens is 4. The Hall–Kier alpha value is -3.16. The minimum absolute atomic E-state index is 0.495. The summed E-state index contributed by atoms with van der Waals surface area (Å²) in [7, 11) is 0. The van der Waals surface area contributed by atoms with E-state index in [1.54, 1.807) is 4.68 Å². The van der Waals surface area contributed by atoms with Crippen LogP contribution in [0, 0.1) is 0 Å². The molecule has 1 aliphatic heterocycles. The summed E-state index contributed by atoms with van der Waals surface area (Å²) in [5, 5.41) is 6.09. The smallest absolute Gasteiger partial charge is 0.228 e. The van der Waals surface area contributed by atoms with Crippen LogP contribution in [0.15, 0.2) is 54.6 Å². The number of nitrogen functional groups attached to an aromatic ring is 1. The van der Waals surface area contributed by atoms with E-state index >= 15 is 0 Å². The molecular weight excluding hydrogens is 388 g/mol. The van der Waals surface area contributed by atoms with Gasteiger partial charge in [0.05, 0.1) is 30.0 Å². The lowest BCUT2D eigenvalue weighted by molar-refractivity contribution is 0.122. The highest BCUT2D eigenvalue weighted by atomic mass is 35.5. The molecule has 1 aliphatic rings. The molecule has 0 saturated carbocycles. The van der Waals surface area contributed by atoms with Gasteiger partial charge in [0.15, 0.2) is 5.65 Å². The number of rotatable bonds is 3. The molecule has 3 heterocycles. The summed E-state index contributed by atoms with van der Waals surface area (Å²) in [5.74, 6) is 1.13. The minimum atomic E-state index is 0.495. The second-order valence-electron chi connectivity index (χ2n) is 6.81. The molecule has 0 radical (unpaired) electrons. The normalized spacial score (nSPS) is 14.4. The SMILES string of the molecule is Nc1c2c(-c3ccccc3)nc(N3CCOCC3)nc2nn1-c1ccc(Cl)cc1. The number of benzene rings is 2. The van der Waals surface area contributed by atoms with E-state index in [1.807, 2.05) is 54.6 Å². The van der Waals surface area contributed by atoms with Crippen molar-refractivity contribution in [3.63, 3.8) is 0 Å². The van der Waals surface area contributed by atoms with E-state index in [9.17, 15) is 0 Å². The minimum Gasteiger partial charge on any atom is -0.383 e. The van der Waals surface area contributed by atoms with Gasteiger partial charge in [-0.25, -0.2) is 9.67 Å². The van der Waals surface area contributed by atoms with Crippen molar-refractivity contribution in [2.75, 3.05) is 36.9 Å². The number of fused-ring (bicyclic) bond motifs is 1. The Balaban J connectivity index is 1.73. The molecule has 146 valence electrons. The van der Waals surface area contributed by atoms with Crippen LogP contribution in [0.2, 0.25) is 5.02 Å². The number of morpholine rings is 1. The highest BCUT2D eigenvalue weighted by Crippen LogP contribution is 2.33. The molecule has 0 bridgehead atoms. The third kappa shape index (κ3) is 3.28. The fourth-order valence-electron chi connectivity index (χ4n) is 3.49. The van der Waals surface area contributed by atoms with E-state index in [-0.39, 0.29) is 0 Å². The van der Waals surface area contributed by atoms with Crippen LogP contribution >= 0.6 is 11.6 Å². The zero-order chi connectivity index (χ0) is 19.8. The first-order valence-corrected chi connectivity index (χ1v) is 9.79. The predicted molar refractivity (Wildman–Crippen MR) is 115 cm³/mol. The first-order valence-electron chi connectivity index (χ1n) is 9.41.